The maximum absolute atomic E-state index is 12.9. The lowest BCUT2D eigenvalue weighted by Gasteiger charge is -2.31. The molecular weight excluding hydrogens is 275 g/mol. The van der Waals surface area contributed by atoms with E-state index in [-0.39, 0.29) is 18.3 Å². The van der Waals surface area contributed by atoms with E-state index in [0.717, 1.165) is 12.8 Å². The molecule has 1 aromatic carbocycles. The Hall–Kier alpha value is -2.11. The van der Waals surface area contributed by atoms with E-state index >= 15 is 0 Å². The first kappa shape index (κ1) is 15.3. The Morgan fingerprint density at radius 2 is 1.86 bits per heavy atom. The Kier molecular flexibility index (Phi) is 4.45. The fraction of sp³-hybridized carbons (Fsp3) is 0.467. The number of rotatable bonds is 4. The molecule has 0 spiro atoms. The van der Waals surface area contributed by atoms with Crippen molar-refractivity contribution in [1.29, 1.82) is 0 Å². The number of anilines is 1. The SMILES string of the molecule is CN(C(=O)NC1(CC(=O)O)CCCC1)c1ccc(F)cc1. The van der Waals surface area contributed by atoms with Gasteiger partial charge in [-0.1, -0.05) is 12.8 Å². The Labute approximate surface area is 122 Å². The van der Waals surface area contributed by atoms with Gasteiger partial charge in [0.1, 0.15) is 5.82 Å². The minimum absolute atomic E-state index is 0.0734. The van der Waals surface area contributed by atoms with Crippen LogP contribution in [-0.2, 0) is 4.79 Å². The molecule has 1 saturated carbocycles. The number of carbonyl (C=O) groups is 2. The van der Waals surface area contributed by atoms with Gasteiger partial charge in [0.2, 0.25) is 0 Å². The first-order valence-corrected chi connectivity index (χ1v) is 6.95. The summed E-state index contributed by atoms with van der Waals surface area (Å²) in [7, 11) is 1.58. The molecule has 0 aliphatic heterocycles. The van der Waals surface area contributed by atoms with Crippen LogP contribution in [0, 0.1) is 5.82 Å². The number of urea groups is 1. The molecule has 2 N–H and O–H groups in total. The Bertz CT molecular complexity index is 524. The predicted molar refractivity (Wildman–Crippen MR) is 76.8 cm³/mol. The van der Waals surface area contributed by atoms with Gasteiger partial charge in [0.15, 0.2) is 0 Å². The van der Waals surface area contributed by atoms with Gasteiger partial charge in [-0.25, -0.2) is 9.18 Å². The predicted octanol–water partition coefficient (Wildman–Crippen LogP) is 2.76. The van der Waals surface area contributed by atoms with Crippen molar-refractivity contribution in [3.63, 3.8) is 0 Å². The molecule has 0 atom stereocenters. The summed E-state index contributed by atoms with van der Waals surface area (Å²) < 4.78 is 12.9. The molecule has 0 radical (unpaired) electrons. The average Bonchev–Trinajstić information content (AvgIpc) is 2.86. The molecule has 21 heavy (non-hydrogen) atoms. The molecule has 5 nitrogen and oxygen atoms in total. The fourth-order valence-electron chi connectivity index (χ4n) is 2.78. The summed E-state index contributed by atoms with van der Waals surface area (Å²) in [5, 5.41) is 11.9. The van der Waals surface area contributed by atoms with Crippen LogP contribution < -0.4 is 10.2 Å². The zero-order valence-corrected chi connectivity index (χ0v) is 11.9. The number of amides is 2. The molecule has 114 valence electrons. The summed E-state index contributed by atoms with van der Waals surface area (Å²) in [4.78, 5) is 24.7. The van der Waals surface area contributed by atoms with Gasteiger partial charge in [-0.05, 0) is 37.1 Å². The van der Waals surface area contributed by atoms with E-state index in [1.807, 2.05) is 0 Å². The first-order valence-electron chi connectivity index (χ1n) is 6.95. The first-order chi connectivity index (χ1) is 9.92. The molecule has 1 aliphatic rings. The van der Waals surface area contributed by atoms with Gasteiger partial charge >= 0.3 is 12.0 Å². The van der Waals surface area contributed by atoms with Crippen LogP contribution in [0.2, 0.25) is 0 Å². The zero-order valence-electron chi connectivity index (χ0n) is 11.9. The number of carboxylic acid groups (broad SMARTS) is 1. The normalized spacial score (nSPS) is 16.5. The maximum Gasteiger partial charge on any atom is 0.322 e. The van der Waals surface area contributed by atoms with Crippen molar-refractivity contribution >= 4 is 17.7 Å². The quantitative estimate of drug-likeness (QED) is 0.897. The van der Waals surface area contributed by atoms with E-state index < -0.39 is 11.5 Å². The monoisotopic (exact) mass is 294 g/mol. The van der Waals surface area contributed by atoms with Gasteiger partial charge in [0, 0.05) is 12.7 Å². The van der Waals surface area contributed by atoms with Crippen molar-refractivity contribution < 1.29 is 19.1 Å². The number of carbonyl (C=O) groups excluding carboxylic acids is 1. The van der Waals surface area contributed by atoms with Crippen molar-refractivity contribution in [2.24, 2.45) is 0 Å². The summed E-state index contributed by atoms with van der Waals surface area (Å²) in [6.45, 7) is 0. The third-order valence-electron chi connectivity index (χ3n) is 3.94. The largest absolute Gasteiger partial charge is 0.481 e. The molecule has 0 aromatic heterocycles. The molecule has 2 amide bonds. The minimum Gasteiger partial charge on any atom is -0.481 e. The smallest absolute Gasteiger partial charge is 0.322 e. The van der Waals surface area contributed by atoms with Crippen molar-refractivity contribution in [2.45, 2.75) is 37.6 Å². The third kappa shape index (κ3) is 3.71. The molecule has 6 heteroatoms. The molecular formula is C15H19FN2O3. The van der Waals surface area contributed by atoms with E-state index in [9.17, 15) is 14.0 Å². The van der Waals surface area contributed by atoms with Crippen LogP contribution in [0.5, 0.6) is 0 Å². The van der Waals surface area contributed by atoms with Crippen LogP contribution in [-0.4, -0.2) is 29.7 Å². The van der Waals surface area contributed by atoms with E-state index in [1.165, 1.54) is 29.2 Å². The van der Waals surface area contributed by atoms with Gasteiger partial charge in [0.25, 0.3) is 0 Å². The van der Waals surface area contributed by atoms with Gasteiger partial charge in [-0.2, -0.15) is 0 Å². The van der Waals surface area contributed by atoms with Crippen LogP contribution in [0.4, 0.5) is 14.9 Å². The van der Waals surface area contributed by atoms with E-state index in [0.29, 0.717) is 18.5 Å². The van der Waals surface area contributed by atoms with Crippen molar-refractivity contribution in [3.8, 4) is 0 Å². The molecule has 0 heterocycles. The van der Waals surface area contributed by atoms with Crippen LogP contribution in [0.3, 0.4) is 0 Å². The highest BCUT2D eigenvalue weighted by molar-refractivity contribution is 5.92. The molecule has 1 aliphatic carbocycles. The van der Waals surface area contributed by atoms with Gasteiger partial charge in [-0.3, -0.25) is 9.69 Å². The lowest BCUT2D eigenvalue weighted by molar-refractivity contribution is -0.138. The highest BCUT2D eigenvalue weighted by Gasteiger charge is 2.38. The number of carboxylic acids is 1. The molecule has 1 fully saturated rings. The Morgan fingerprint density at radius 1 is 1.29 bits per heavy atom. The van der Waals surface area contributed by atoms with Crippen molar-refractivity contribution in [3.05, 3.63) is 30.1 Å². The Balaban J connectivity index is 2.08. The van der Waals surface area contributed by atoms with Crippen LogP contribution >= 0.6 is 0 Å². The van der Waals surface area contributed by atoms with E-state index in [4.69, 9.17) is 5.11 Å². The van der Waals surface area contributed by atoms with Crippen molar-refractivity contribution in [1.82, 2.24) is 5.32 Å². The van der Waals surface area contributed by atoms with Crippen LogP contribution in [0.15, 0.2) is 24.3 Å². The second-order valence-electron chi connectivity index (χ2n) is 5.52. The summed E-state index contributed by atoms with van der Waals surface area (Å²) in [5.41, 5.74) is -0.116. The summed E-state index contributed by atoms with van der Waals surface area (Å²) in [5.74, 6) is -1.28. The van der Waals surface area contributed by atoms with E-state index in [1.54, 1.807) is 7.05 Å². The highest BCUT2D eigenvalue weighted by atomic mass is 19.1. The summed E-state index contributed by atoms with van der Waals surface area (Å²) in [6.07, 6.45) is 3.09. The maximum atomic E-state index is 12.9. The second-order valence-corrected chi connectivity index (χ2v) is 5.52. The van der Waals surface area contributed by atoms with Gasteiger partial charge in [0.05, 0.1) is 12.0 Å². The van der Waals surface area contributed by atoms with Gasteiger partial charge in [-0.15, -0.1) is 0 Å². The average molecular weight is 294 g/mol. The highest BCUT2D eigenvalue weighted by Crippen LogP contribution is 2.33. The summed E-state index contributed by atoms with van der Waals surface area (Å²) >= 11 is 0. The fourth-order valence-corrected chi connectivity index (χ4v) is 2.78. The number of hydrogen-bond acceptors (Lipinski definition) is 2. The van der Waals surface area contributed by atoms with Gasteiger partial charge < -0.3 is 10.4 Å². The minimum atomic E-state index is -0.915. The van der Waals surface area contributed by atoms with Crippen LogP contribution in [0.25, 0.3) is 0 Å². The standard InChI is InChI=1S/C15H19FN2O3/c1-18(12-6-4-11(16)5-7-12)14(21)17-15(10-13(19)20)8-2-3-9-15/h4-7H,2-3,8-10H2,1H3,(H,17,21)(H,19,20). The molecule has 0 unspecified atom stereocenters. The molecule has 0 saturated heterocycles. The van der Waals surface area contributed by atoms with Crippen molar-refractivity contribution in [2.75, 3.05) is 11.9 Å². The lowest BCUT2D eigenvalue weighted by atomic mass is 9.93. The topological polar surface area (TPSA) is 69.6 Å². The second kappa shape index (κ2) is 6.11. The molecule has 2 rings (SSSR count). The van der Waals surface area contributed by atoms with Crippen LogP contribution in [0.1, 0.15) is 32.1 Å². The number of hydrogen-bond donors (Lipinski definition) is 2. The van der Waals surface area contributed by atoms with E-state index in [2.05, 4.69) is 5.32 Å². The molecule has 1 aromatic rings. The number of nitrogens with zero attached hydrogens (tertiary/aromatic N) is 1. The summed E-state index contributed by atoms with van der Waals surface area (Å²) in [6, 6.07) is 5.20. The number of nitrogens with one attached hydrogen (secondary N) is 1. The third-order valence-corrected chi connectivity index (χ3v) is 3.94. The number of aliphatic carboxylic acids is 1. The lowest BCUT2D eigenvalue weighted by Crippen LogP contribution is -2.52. The number of halogens is 1. The Morgan fingerprint density at radius 3 is 2.38 bits per heavy atom. The molecule has 0 bridgehead atoms. The number of benzene rings is 1. The zero-order chi connectivity index (χ0) is 15.5.